The lowest BCUT2D eigenvalue weighted by Gasteiger charge is -2.23. The van der Waals surface area contributed by atoms with Gasteiger partial charge in [-0.15, -0.1) is 0 Å². The lowest BCUT2D eigenvalue weighted by Crippen LogP contribution is -2.21. The Morgan fingerprint density at radius 3 is 2.54 bits per heavy atom. The zero-order valence-corrected chi connectivity index (χ0v) is 16.0. The number of rotatable bonds is 9. The van der Waals surface area contributed by atoms with E-state index >= 15 is 0 Å². The number of para-hydroxylation sites is 1. The highest BCUT2D eigenvalue weighted by molar-refractivity contribution is 5.65. The van der Waals surface area contributed by atoms with Crippen LogP contribution in [-0.4, -0.2) is 23.1 Å². The summed E-state index contributed by atoms with van der Waals surface area (Å²) >= 11 is 0. The molecule has 0 radical (unpaired) electrons. The Bertz CT molecular complexity index is 818. The minimum atomic E-state index is -4.61. The summed E-state index contributed by atoms with van der Waals surface area (Å²) < 4.78 is 45.3. The van der Waals surface area contributed by atoms with Crippen LogP contribution in [0, 0.1) is 11.3 Å². The zero-order chi connectivity index (χ0) is 20.6. The van der Waals surface area contributed by atoms with Crippen molar-refractivity contribution in [3.8, 4) is 11.9 Å². The smallest absolute Gasteiger partial charge is 0.423 e. The van der Waals surface area contributed by atoms with Crippen molar-refractivity contribution < 1.29 is 17.9 Å². The molecule has 28 heavy (non-hydrogen) atoms. The molecule has 1 aromatic heterocycles. The van der Waals surface area contributed by atoms with Gasteiger partial charge in [0.1, 0.15) is 11.6 Å². The van der Waals surface area contributed by atoms with Crippen molar-refractivity contribution in [2.24, 2.45) is 0 Å². The molecule has 0 saturated carbocycles. The van der Waals surface area contributed by atoms with E-state index in [1.54, 1.807) is 36.1 Å². The third-order valence-electron chi connectivity index (χ3n) is 4.16. The molecule has 0 aliphatic carbocycles. The van der Waals surface area contributed by atoms with Crippen LogP contribution in [0.5, 0.6) is 5.88 Å². The Morgan fingerprint density at radius 1 is 1.14 bits per heavy atom. The van der Waals surface area contributed by atoms with Gasteiger partial charge in [-0.2, -0.15) is 23.4 Å². The number of benzene rings is 1. The SMILES string of the molecule is CCCCCCOc1nc(N(CC)c2ccccc2C#N)ncc1C(F)(F)F. The molecule has 0 saturated heterocycles. The number of halogens is 3. The fourth-order valence-electron chi connectivity index (χ4n) is 2.71. The average molecular weight is 392 g/mol. The molecule has 1 heterocycles. The number of ether oxygens (including phenoxy) is 1. The normalized spacial score (nSPS) is 11.1. The predicted molar refractivity (Wildman–Crippen MR) is 101 cm³/mol. The molecule has 0 spiro atoms. The van der Waals surface area contributed by atoms with Crippen LogP contribution in [0.4, 0.5) is 24.8 Å². The number of alkyl halides is 3. The largest absolute Gasteiger partial charge is 0.477 e. The minimum Gasteiger partial charge on any atom is -0.477 e. The van der Waals surface area contributed by atoms with Gasteiger partial charge in [-0.05, 0) is 25.5 Å². The first-order valence-electron chi connectivity index (χ1n) is 9.26. The van der Waals surface area contributed by atoms with Crippen LogP contribution >= 0.6 is 0 Å². The van der Waals surface area contributed by atoms with Gasteiger partial charge in [0, 0.05) is 12.7 Å². The Labute approximate surface area is 162 Å². The van der Waals surface area contributed by atoms with Gasteiger partial charge in [0.2, 0.25) is 11.8 Å². The topological polar surface area (TPSA) is 62.0 Å². The van der Waals surface area contributed by atoms with Crippen LogP contribution in [0.1, 0.15) is 50.7 Å². The van der Waals surface area contributed by atoms with Crippen molar-refractivity contribution >= 4 is 11.6 Å². The summed E-state index contributed by atoms with van der Waals surface area (Å²) in [6.45, 7) is 4.39. The minimum absolute atomic E-state index is 0.0572. The second-order valence-electron chi connectivity index (χ2n) is 6.17. The highest BCUT2D eigenvalue weighted by Gasteiger charge is 2.36. The van der Waals surface area contributed by atoms with Crippen molar-refractivity contribution in [2.45, 2.75) is 45.7 Å². The van der Waals surface area contributed by atoms with E-state index in [0.717, 1.165) is 25.5 Å². The van der Waals surface area contributed by atoms with E-state index in [9.17, 15) is 18.4 Å². The maximum absolute atomic E-state index is 13.3. The van der Waals surface area contributed by atoms with E-state index in [4.69, 9.17) is 4.74 Å². The second-order valence-corrected chi connectivity index (χ2v) is 6.17. The fraction of sp³-hybridized carbons (Fsp3) is 0.450. The van der Waals surface area contributed by atoms with Crippen molar-refractivity contribution in [1.82, 2.24) is 9.97 Å². The molecule has 0 N–H and O–H groups in total. The molecular weight excluding hydrogens is 369 g/mol. The Morgan fingerprint density at radius 2 is 1.89 bits per heavy atom. The van der Waals surface area contributed by atoms with Gasteiger partial charge in [0.05, 0.1) is 17.9 Å². The van der Waals surface area contributed by atoms with Crippen molar-refractivity contribution in [2.75, 3.05) is 18.1 Å². The Hall–Kier alpha value is -2.82. The third-order valence-corrected chi connectivity index (χ3v) is 4.16. The predicted octanol–water partition coefficient (Wildman–Crippen LogP) is 5.48. The zero-order valence-electron chi connectivity index (χ0n) is 16.0. The summed E-state index contributed by atoms with van der Waals surface area (Å²) in [6, 6.07) is 8.87. The summed E-state index contributed by atoms with van der Waals surface area (Å²) in [4.78, 5) is 9.52. The molecule has 0 bridgehead atoms. The first-order chi connectivity index (χ1) is 13.4. The summed E-state index contributed by atoms with van der Waals surface area (Å²) in [6.07, 6.45) is -0.319. The second kappa shape index (κ2) is 9.93. The molecule has 0 atom stereocenters. The highest BCUT2D eigenvalue weighted by Crippen LogP contribution is 2.36. The number of hydrogen-bond acceptors (Lipinski definition) is 5. The lowest BCUT2D eigenvalue weighted by molar-refractivity contribution is -0.139. The number of anilines is 2. The number of nitrogens with zero attached hydrogens (tertiary/aromatic N) is 4. The van der Waals surface area contributed by atoms with Gasteiger partial charge in [0.15, 0.2) is 0 Å². The van der Waals surface area contributed by atoms with Crippen molar-refractivity contribution in [3.05, 3.63) is 41.6 Å². The number of hydrogen-bond donors (Lipinski definition) is 0. The first-order valence-corrected chi connectivity index (χ1v) is 9.26. The van der Waals surface area contributed by atoms with Crippen LogP contribution in [0.25, 0.3) is 0 Å². The Kier molecular flexibility index (Phi) is 7.61. The van der Waals surface area contributed by atoms with Gasteiger partial charge in [0.25, 0.3) is 0 Å². The molecule has 0 fully saturated rings. The summed E-state index contributed by atoms with van der Waals surface area (Å²) in [5.74, 6) is -0.427. The third kappa shape index (κ3) is 5.35. The van der Waals surface area contributed by atoms with Crippen LogP contribution in [0.2, 0.25) is 0 Å². The number of unbranched alkanes of at least 4 members (excludes halogenated alkanes) is 3. The molecule has 0 amide bonds. The van der Waals surface area contributed by atoms with Gasteiger partial charge in [-0.25, -0.2) is 4.98 Å². The summed E-state index contributed by atoms with van der Waals surface area (Å²) in [5, 5.41) is 9.31. The van der Waals surface area contributed by atoms with E-state index in [1.165, 1.54) is 0 Å². The molecule has 0 unspecified atom stereocenters. The Balaban J connectivity index is 2.36. The van der Waals surface area contributed by atoms with E-state index < -0.39 is 17.6 Å². The van der Waals surface area contributed by atoms with Gasteiger partial charge in [-0.3, -0.25) is 0 Å². The van der Waals surface area contributed by atoms with Crippen LogP contribution in [0.3, 0.4) is 0 Å². The molecule has 8 heteroatoms. The van der Waals surface area contributed by atoms with Gasteiger partial charge < -0.3 is 9.64 Å². The molecule has 150 valence electrons. The van der Waals surface area contributed by atoms with Crippen molar-refractivity contribution in [3.63, 3.8) is 0 Å². The quantitative estimate of drug-likeness (QED) is 0.529. The van der Waals surface area contributed by atoms with E-state index in [-0.39, 0.29) is 12.6 Å². The molecule has 5 nitrogen and oxygen atoms in total. The molecule has 0 aliphatic heterocycles. The molecule has 0 aliphatic rings. The average Bonchev–Trinajstić information content (AvgIpc) is 2.68. The number of aromatic nitrogens is 2. The van der Waals surface area contributed by atoms with E-state index in [2.05, 4.69) is 23.0 Å². The van der Waals surface area contributed by atoms with E-state index in [0.29, 0.717) is 24.2 Å². The van der Waals surface area contributed by atoms with Crippen LogP contribution < -0.4 is 9.64 Å². The number of nitriles is 1. The first kappa shape index (κ1) is 21.5. The molecule has 2 aromatic rings. The molecular formula is C20H23F3N4O. The van der Waals surface area contributed by atoms with Crippen LogP contribution in [0.15, 0.2) is 30.5 Å². The maximum atomic E-state index is 13.3. The lowest BCUT2D eigenvalue weighted by atomic mass is 10.2. The molecule has 2 rings (SSSR count). The summed E-state index contributed by atoms with van der Waals surface area (Å²) in [5.41, 5.74) is -0.0904. The van der Waals surface area contributed by atoms with E-state index in [1.807, 2.05) is 0 Å². The van der Waals surface area contributed by atoms with Gasteiger partial charge in [-0.1, -0.05) is 38.3 Å². The summed E-state index contributed by atoms with van der Waals surface area (Å²) in [7, 11) is 0. The molecule has 1 aromatic carbocycles. The highest BCUT2D eigenvalue weighted by atomic mass is 19.4. The van der Waals surface area contributed by atoms with Crippen molar-refractivity contribution in [1.29, 1.82) is 5.26 Å². The standard InChI is InChI=1S/C20H23F3N4O/c1-3-5-6-9-12-28-18-16(20(21,22)23)14-25-19(26-18)27(4-2)17-11-8-7-10-15(17)13-24/h7-8,10-11,14H,3-6,9,12H2,1-2H3. The monoisotopic (exact) mass is 392 g/mol. The fourth-order valence-corrected chi connectivity index (χ4v) is 2.71. The van der Waals surface area contributed by atoms with Crippen LogP contribution in [-0.2, 0) is 6.18 Å². The maximum Gasteiger partial charge on any atom is 0.423 e. The van der Waals surface area contributed by atoms with Gasteiger partial charge >= 0.3 is 6.18 Å².